The van der Waals surface area contributed by atoms with Gasteiger partial charge in [0.1, 0.15) is 11.5 Å². The van der Waals surface area contributed by atoms with Crippen molar-refractivity contribution in [2.75, 3.05) is 14.2 Å². The molecule has 0 bridgehead atoms. The molecule has 0 atom stereocenters. The number of hydrazone groups is 1. The van der Waals surface area contributed by atoms with Gasteiger partial charge >= 0.3 is 0 Å². The van der Waals surface area contributed by atoms with Crippen molar-refractivity contribution in [3.8, 4) is 11.5 Å². The largest absolute Gasteiger partial charge is 0.507 e. The second-order valence-corrected chi connectivity index (χ2v) is 9.84. The van der Waals surface area contributed by atoms with Crippen LogP contribution in [0.1, 0.15) is 34.0 Å². The number of carbonyl (C=O) groups is 1. The van der Waals surface area contributed by atoms with Crippen LogP contribution in [0.3, 0.4) is 0 Å². The molecule has 3 aromatic rings. The number of methoxy groups -OCH3 is 1. The van der Waals surface area contributed by atoms with Crippen molar-refractivity contribution < 1.29 is 23.1 Å². The number of nitrogens with one attached hydrogen (secondary N) is 1. The van der Waals surface area contributed by atoms with Crippen LogP contribution in [0.2, 0.25) is 0 Å². The van der Waals surface area contributed by atoms with E-state index in [2.05, 4.69) is 10.5 Å². The standard InChI is InChI=1S/C25H27N3O5S/c1-17-5-12-22(13-6-17)34(31,32)28(3)16-19-7-9-20(10-8-19)25(30)27-26-18(2)23-14-11-21(33-4)15-24(23)29/h5-15,29H,16H2,1-4H3,(H,27,30). The highest BCUT2D eigenvalue weighted by molar-refractivity contribution is 7.89. The number of phenolic OH excluding ortho intramolecular Hbond substituents is 1. The number of sulfonamides is 1. The molecule has 0 unspecified atom stereocenters. The number of benzene rings is 3. The number of nitrogens with zero attached hydrogens (tertiary/aromatic N) is 2. The maximum atomic E-state index is 12.8. The van der Waals surface area contributed by atoms with Crippen molar-refractivity contribution in [2.45, 2.75) is 25.3 Å². The Morgan fingerprint density at radius 2 is 1.71 bits per heavy atom. The summed E-state index contributed by atoms with van der Waals surface area (Å²) in [6.45, 7) is 3.72. The molecule has 8 nitrogen and oxygen atoms in total. The average molecular weight is 482 g/mol. The summed E-state index contributed by atoms with van der Waals surface area (Å²) in [6, 6.07) is 18.1. The van der Waals surface area contributed by atoms with Crippen LogP contribution in [-0.2, 0) is 16.6 Å². The number of amides is 1. The monoisotopic (exact) mass is 481 g/mol. The van der Waals surface area contributed by atoms with Gasteiger partial charge in [-0.25, -0.2) is 13.8 Å². The first-order valence-corrected chi connectivity index (χ1v) is 11.9. The maximum absolute atomic E-state index is 12.8. The molecule has 0 spiro atoms. The molecule has 0 heterocycles. The van der Waals surface area contributed by atoms with E-state index in [0.29, 0.717) is 22.6 Å². The Balaban J connectivity index is 1.65. The van der Waals surface area contributed by atoms with E-state index in [-0.39, 0.29) is 17.2 Å². The lowest BCUT2D eigenvalue weighted by Gasteiger charge is -2.17. The molecule has 0 aliphatic rings. The fraction of sp³-hybridized carbons (Fsp3) is 0.200. The van der Waals surface area contributed by atoms with Crippen LogP contribution in [0, 0.1) is 6.92 Å². The van der Waals surface area contributed by atoms with E-state index in [9.17, 15) is 18.3 Å². The zero-order valence-electron chi connectivity index (χ0n) is 19.4. The Kier molecular flexibility index (Phi) is 7.70. The van der Waals surface area contributed by atoms with E-state index in [1.165, 1.54) is 24.5 Å². The van der Waals surface area contributed by atoms with Crippen molar-refractivity contribution in [3.63, 3.8) is 0 Å². The van der Waals surface area contributed by atoms with Crippen molar-refractivity contribution in [3.05, 3.63) is 89.0 Å². The SMILES string of the molecule is COc1ccc(C(C)=NNC(=O)c2ccc(CN(C)S(=O)(=O)c3ccc(C)cc3)cc2)c(O)c1. The Morgan fingerprint density at radius 1 is 1.06 bits per heavy atom. The molecule has 0 aliphatic heterocycles. The normalized spacial score (nSPS) is 12.0. The van der Waals surface area contributed by atoms with Crippen molar-refractivity contribution in [2.24, 2.45) is 5.10 Å². The Labute approximate surface area is 199 Å². The van der Waals surface area contributed by atoms with Gasteiger partial charge in [0.15, 0.2) is 0 Å². The van der Waals surface area contributed by atoms with Crippen LogP contribution >= 0.6 is 0 Å². The molecule has 0 aromatic heterocycles. The number of phenols is 1. The summed E-state index contributed by atoms with van der Waals surface area (Å²) < 4.78 is 31.9. The number of rotatable bonds is 8. The number of aromatic hydroxyl groups is 1. The van der Waals surface area contributed by atoms with Gasteiger partial charge in [-0.2, -0.15) is 9.41 Å². The number of carbonyl (C=O) groups excluding carboxylic acids is 1. The molecule has 0 fully saturated rings. The summed E-state index contributed by atoms with van der Waals surface area (Å²) in [5.74, 6) is 0.0685. The van der Waals surface area contributed by atoms with Crippen molar-refractivity contribution in [1.82, 2.24) is 9.73 Å². The molecule has 1 amide bonds. The highest BCUT2D eigenvalue weighted by atomic mass is 32.2. The fourth-order valence-electron chi connectivity index (χ4n) is 3.20. The van der Waals surface area contributed by atoms with Crippen LogP contribution in [0.4, 0.5) is 0 Å². The number of ether oxygens (including phenoxy) is 1. The van der Waals surface area contributed by atoms with E-state index in [1.54, 1.807) is 67.6 Å². The quantitative estimate of drug-likeness (QED) is 0.377. The van der Waals surface area contributed by atoms with Gasteiger partial charge in [0, 0.05) is 30.8 Å². The van der Waals surface area contributed by atoms with Crippen molar-refractivity contribution >= 4 is 21.6 Å². The molecule has 0 radical (unpaired) electrons. The van der Waals surface area contributed by atoms with Gasteiger partial charge in [0.05, 0.1) is 17.7 Å². The van der Waals surface area contributed by atoms with Gasteiger partial charge < -0.3 is 9.84 Å². The van der Waals surface area contributed by atoms with E-state index < -0.39 is 15.9 Å². The Morgan fingerprint density at radius 3 is 2.29 bits per heavy atom. The summed E-state index contributed by atoms with van der Waals surface area (Å²) >= 11 is 0. The highest BCUT2D eigenvalue weighted by Crippen LogP contribution is 2.24. The molecule has 0 saturated carbocycles. The van der Waals surface area contributed by atoms with Gasteiger partial charge in [-0.05, 0) is 55.8 Å². The fourth-order valence-corrected chi connectivity index (χ4v) is 4.36. The molecule has 3 rings (SSSR count). The minimum Gasteiger partial charge on any atom is -0.507 e. The molecule has 0 saturated heterocycles. The van der Waals surface area contributed by atoms with E-state index in [0.717, 1.165) is 11.1 Å². The summed E-state index contributed by atoms with van der Waals surface area (Å²) in [5, 5.41) is 14.2. The van der Waals surface area contributed by atoms with E-state index >= 15 is 0 Å². The molecule has 0 aliphatic carbocycles. The number of aryl methyl sites for hydroxylation is 1. The summed E-state index contributed by atoms with van der Waals surface area (Å²) in [4.78, 5) is 12.7. The van der Waals surface area contributed by atoms with E-state index in [1.807, 2.05) is 6.92 Å². The first-order valence-electron chi connectivity index (χ1n) is 10.5. The first kappa shape index (κ1) is 24.9. The van der Waals surface area contributed by atoms with Gasteiger partial charge in [-0.3, -0.25) is 4.79 Å². The van der Waals surface area contributed by atoms with Gasteiger partial charge in [-0.1, -0.05) is 29.8 Å². The number of hydrogen-bond acceptors (Lipinski definition) is 6. The lowest BCUT2D eigenvalue weighted by molar-refractivity contribution is 0.0954. The van der Waals surface area contributed by atoms with Crippen LogP contribution in [-0.4, -0.2) is 43.6 Å². The van der Waals surface area contributed by atoms with Gasteiger partial charge in [0.2, 0.25) is 10.0 Å². The second-order valence-electron chi connectivity index (χ2n) is 7.79. The topological polar surface area (TPSA) is 108 Å². The van der Waals surface area contributed by atoms with Crippen LogP contribution in [0.15, 0.2) is 76.7 Å². The van der Waals surface area contributed by atoms with E-state index in [4.69, 9.17) is 4.74 Å². The smallest absolute Gasteiger partial charge is 0.271 e. The molecular formula is C25H27N3O5S. The second kappa shape index (κ2) is 10.5. The van der Waals surface area contributed by atoms with Gasteiger partial charge in [-0.15, -0.1) is 0 Å². The lowest BCUT2D eigenvalue weighted by atomic mass is 10.1. The average Bonchev–Trinajstić information content (AvgIpc) is 2.82. The molecule has 34 heavy (non-hydrogen) atoms. The van der Waals surface area contributed by atoms with Crippen LogP contribution in [0.5, 0.6) is 11.5 Å². The summed E-state index contributed by atoms with van der Waals surface area (Å²) in [7, 11) is -0.607. The van der Waals surface area contributed by atoms with Gasteiger partial charge in [0.25, 0.3) is 5.91 Å². The summed E-state index contributed by atoms with van der Waals surface area (Å²) in [6.07, 6.45) is 0. The number of hydrogen-bond donors (Lipinski definition) is 2. The highest BCUT2D eigenvalue weighted by Gasteiger charge is 2.20. The van der Waals surface area contributed by atoms with Crippen LogP contribution < -0.4 is 10.2 Å². The third kappa shape index (κ3) is 5.81. The molecule has 178 valence electrons. The predicted octanol–water partition coefficient (Wildman–Crippen LogP) is 3.68. The molecule has 2 N–H and O–H groups in total. The Hall–Kier alpha value is -3.69. The van der Waals surface area contributed by atoms with Crippen LogP contribution in [0.25, 0.3) is 0 Å². The molecule has 3 aromatic carbocycles. The molecular weight excluding hydrogens is 454 g/mol. The minimum absolute atomic E-state index is 0.0103. The first-order chi connectivity index (χ1) is 16.1. The van der Waals surface area contributed by atoms with Crippen molar-refractivity contribution in [1.29, 1.82) is 0 Å². The zero-order chi connectivity index (χ0) is 24.9. The zero-order valence-corrected chi connectivity index (χ0v) is 20.3. The lowest BCUT2D eigenvalue weighted by Crippen LogP contribution is -2.26. The molecule has 9 heteroatoms. The summed E-state index contributed by atoms with van der Waals surface area (Å²) in [5.41, 5.74) is 5.44. The Bertz CT molecular complexity index is 1300. The maximum Gasteiger partial charge on any atom is 0.271 e. The predicted molar refractivity (Wildman–Crippen MR) is 131 cm³/mol. The minimum atomic E-state index is -3.62. The third-order valence-electron chi connectivity index (χ3n) is 5.27. The third-order valence-corrected chi connectivity index (χ3v) is 7.09.